The van der Waals surface area contributed by atoms with E-state index < -0.39 is 0 Å². The second kappa shape index (κ2) is 6.61. The minimum Gasteiger partial charge on any atom is -0.396 e. The molecule has 0 amide bonds. The zero-order valence-corrected chi connectivity index (χ0v) is 13.1. The highest BCUT2D eigenvalue weighted by Gasteiger charge is 2.19. The highest BCUT2D eigenvalue weighted by molar-refractivity contribution is 5.92. The van der Waals surface area contributed by atoms with Crippen LogP contribution in [0.2, 0.25) is 0 Å². The van der Waals surface area contributed by atoms with Gasteiger partial charge in [-0.25, -0.2) is 9.37 Å². The molecule has 0 spiro atoms. The Labute approximate surface area is 130 Å². The Morgan fingerprint density at radius 2 is 2.18 bits per heavy atom. The number of aliphatic hydroxyl groups excluding tert-OH is 1. The van der Waals surface area contributed by atoms with Gasteiger partial charge >= 0.3 is 0 Å². The molecule has 118 valence electrons. The first-order valence-corrected chi connectivity index (χ1v) is 8.10. The predicted octanol–water partition coefficient (Wildman–Crippen LogP) is 3.67. The number of pyridine rings is 1. The number of benzene rings is 1. The molecule has 3 rings (SSSR count). The topological polar surface area (TPSA) is 36.4 Å². The first-order chi connectivity index (χ1) is 10.7. The smallest absolute Gasteiger partial charge is 0.149 e. The Balaban J connectivity index is 1.94. The van der Waals surface area contributed by atoms with Crippen molar-refractivity contribution in [3.05, 3.63) is 35.8 Å². The summed E-state index contributed by atoms with van der Waals surface area (Å²) in [7, 11) is 0. The van der Waals surface area contributed by atoms with Crippen molar-refractivity contribution in [3.8, 4) is 0 Å². The molecule has 1 aromatic carbocycles. The van der Waals surface area contributed by atoms with E-state index >= 15 is 0 Å². The van der Waals surface area contributed by atoms with E-state index in [1.54, 1.807) is 6.07 Å². The molecule has 1 aromatic heterocycles. The Bertz CT molecular complexity index is 659. The summed E-state index contributed by atoms with van der Waals surface area (Å²) in [4.78, 5) is 6.72. The van der Waals surface area contributed by atoms with Gasteiger partial charge in [0, 0.05) is 36.5 Å². The van der Waals surface area contributed by atoms with Gasteiger partial charge in [0.2, 0.25) is 0 Å². The first-order valence-electron chi connectivity index (χ1n) is 8.10. The maximum absolute atomic E-state index is 14.0. The Hall–Kier alpha value is -1.68. The van der Waals surface area contributed by atoms with E-state index in [-0.39, 0.29) is 12.4 Å². The highest BCUT2D eigenvalue weighted by atomic mass is 19.1. The SMILES string of the molecule is Cc1cc(N2CCCC(CCO)CC2)c2cccc(F)c2n1. The maximum atomic E-state index is 14.0. The van der Waals surface area contributed by atoms with Crippen molar-refractivity contribution in [2.24, 2.45) is 5.92 Å². The van der Waals surface area contributed by atoms with Crippen LogP contribution in [0.1, 0.15) is 31.4 Å². The van der Waals surface area contributed by atoms with Crippen LogP contribution >= 0.6 is 0 Å². The highest BCUT2D eigenvalue weighted by Crippen LogP contribution is 2.31. The van der Waals surface area contributed by atoms with Crippen LogP contribution in [0.5, 0.6) is 0 Å². The molecule has 1 aliphatic heterocycles. The van der Waals surface area contributed by atoms with E-state index in [1.807, 2.05) is 13.0 Å². The van der Waals surface area contributed by atoms with E-state index in [9.17, 15) is 4.39 Å². The quantitative estimate of drug-likeness (QED) is 0.940. The van der Waals surface area contributed by atoms with Crippen LogP contribution in [-0.2, 0) is 0 Å². The summed E-state index contributed by atoms with van der Waals surface area (Å²) >= 11 is 0. The van der Waals surface area contributed by atoms with Gasteiger partial charge in [-0.3, -0.25) is 0 Å². The standard InChI is InChI=1S/C18H23FN2O/c1-13-12-17(15-5-2-6-16(19)18(15)20-13)21-9-3-4-14(7-10-21)8-11-22/h2,5-6,12,14,22H,3-4,7-11H2,1H3. The summed E-state index contributed by atoms with van der Waals surface area (Å²) < 4.78 is 14.0. The molecular weight excluding hydrogens is 279 g/mol. The molecule has 0 radical (unpaired) electrons. The molecule has 1 aliphatic rings. The molecule has 0 saturated carbocycles. The molecule has 1 N–H and O–H groups in total. The molecule has 1 fully saturated rings. The van der Waals surface area contributed by atoms with Crippen LogP contribution < -0.4 is 4.90 Å². The lowest BCUT2D eigenvalue weighted by Gasteiger charge is -2.25. The third kappa shape index (κ3) is 3.07. The molecule has 1 atom stereocenters. The van der Waals surface area contributed by atoms with Crippen LogP contribution in [0.3, 0.4) is 0 Å². The Morgan fingerprint density at radius 1 is 1.32 bits per heavy atom. The average molecular weight is 302 g/mol. The molecule has 0 aliphatic carbocycles. The first kappa shape index (κ1) is 15.2. The van der Waals surface area contributed by atoms with Gasteiger partial charge in [-0.15, -0.1) is 0 Å². The minimum atomic E-state index is -0.254. The van der Waals surface area contributed by atoms with Gasteiger partial charge in [-0.2, -0.15) is 0 Å². The third-order valence-corrected chi connectivity index (χ3v) is 4.62. The summed E-state index contributed by atoms with van der Waals surface area (Å²) in [5.41, 5.74) is 2.41. The summed E-state index contributed by atoms with van der Waals surface area (Å²) in [6.07, 6.45) is 4.24. The second-order valence-electron chi connectivity index (χ2n) is 6.22. The third-order valence-electron chi connectivity index (χ3n) is 4.62. The zero-order chi connectivity index (χ0) is 15.5. The van der Waals surface area contributed by atoms with Gasteiger partial charge in [0.25, 0.3) is 0 Å². The molecule has 1 saturated heterocycles. The summed E-state index contributed by atoms with van der Waals surface area (Å²) in [5, 5.41) is 10.0. The van der Waals surface area contributed by atoms with Crippen molar-refractivity contribution in [2.75, 3.05) is 24.6 Å². The van der Waals surface area contributed by atoms with Crippen molar-refractivity contribution in [1.29, 1.82) is 0 Å². The fraction of sp³-hybridized carbons (Fsp3) is 0.500. The number of halogens is 1. The normalized spacial score (nSPS) is 19.4. The second-order valence-corrected chi connectivity index (χ2v) is 6.22. The molecule has 2 heterocycles. The number of fused-ring (bicyclic) bond motifs is 1. The monoisotopic (exact) mass is 302 g/mol. The van der Waals surface area contributed by atoms with Gasteiger partial charge in [0.1, 0.15) is 11.3 Å². The lowest BCUT2D eigenvalue weighted by molar-refractivity contribution is 0.249. The van der Waals surface area contributed by atoms with Crippen molar-refractivity contribution >= 4 is 16.6 Å². The van der Waals surface area contributed by atoms with Crippen LogP contribution in [-0.4, -0.2) is 29.8 Å². The molecule has 0 bridgehead atoms. The number of hydrogen-bond acceptors (Lipinski definition) is 3. The number of hydrogen-bond donors (Lipinski definition) is 1. The molecule has 4 heteroatoms. The van der Waals surface area contributed by atoms with Gasteiger partial charge in [0.05, 0.1) is 0 Å². The summed E-state index contributed by atoms with van der Waals surface area (Å²) in [5.74, 6) is 0.344. The van der Waals surface area contributed by atoms with E-state index in [4.69, 9.17) is 5.11 Å². The van der Waals surface area contributed by atoms with E-state index in [2.05, 4.69) is 16.0 Å². The maximum Gasteiger partial charge on any atom is 0.149 e. The fourth-order valence-electron chi connectivity index (χ4n) is 3.46. The number of anilines is 1. The molecule has 3 nitrogen and oxygen atoms in total. The fourth-order valence-corrected chi connectivity index (χ4v) is 3.46. The number of para-hydroxylation sites is 1. The van der Waals surface area contributed by atoms with Gasteiger partial charge < -0.3 is 10.0 Å². The van der Waals surface area contributed by atoms with Crippen LogP contribution in [0.4, 0.5) is 10.1 Å². The summed E-state index contributed by atoms with van der Waals surface area (Å²) in [6.45, 7) is 4.13. The van der Waals surface area contributed by atoms with Crippen molar-refractivity contribution < 1.29 is 9.50 Å². The number of rotatable bonds is 3. The number of aliphatic hydroxyl groups is 1. The van der Waals surface area contributed by atoms with E-state index in [0.29, 0.717) is 11.4 Å². The van der Waals surface area contributed by atoms with Crippen molar-refractivity contribution in [2.45, 2.75) is 32.6 Å². The van der Waals surface area contributed by atoms with Gasteiger partial charge in [0.15, 0.2) is 0 Å². The Morgan fingerprint density at radius 3 is 3.00 bits per heavy atom. The largest absolute Gasteiger partial charge is 0.396 e. The summed E-state index contributed by atoms with van der Waals surface area (Å²) in [6, 6.07) is 7.24. The van der Waals surface area contributed by atoms with Crippen molar-refractivity contribution in [1.82, 2.24) is 4.98 Å². The van der Waals surface area contributed by atoms with Gasteiger partial charge in [-0.1, -0.05) is 12.1 Å². The van der Waals surface area contributed by atoms with E-state index in [0.717, 1.165) is 55.5 Å². The average Bonchev–Trinajstić information content (AvgIpc) is 2.74. The lowest BCUT2D eigenvalue weighted by atomic mass is 9.98. The number of aryl methyl sites for hydroxylation is 1. The predicted molar refractivity (Wildman–Crippen MR) is 87.7 cm³/mol. The van der Waals surface area contributed by atoms with Crippen LogP contribution in [0, 0.1) is 18.7 Å². The molecule has 1 unspecified atom stereocenters. The van der Waals surface area contributed by atoms with Crippen molar-refractivity contribution in [3.63, 3.8) is 0 Å². The lowest BCUT2D eigenvalue weighted by Crippen LogP contribution is -2.24. The van der Waals surface area contributed by atoms with Gasteiger partial charge in [-0.05, 0) is 50.7 Å². The molecular formula is C18H23FN2O. The minimum absolute atomic E-state index is 0.254. The van der Waals surface area contributed by atoms with Crippen LogP contribution in [0.25, 0.3) is 10.9 Å². The van der Waals surface area contributed by atoms with Crippen LogP contribution in [0.15, 0.2) is 24.3 Å². The zero-order valence-electron chi connectivity index (χ0n) is 13.1. The molecule has 2 aromatic rings. The molecule has 22 heavy (non-hydrogen) atoms. The number of nitrogens with zero attached hydrogens (tertiary/aromatic N) is 2. The Kier molecular flexibility index (Phi) is 4.57. The number of aromatic nitrogens is 1. The van der Waals surface area contributed by atoms with E-state index in [1.165, 1.54) is 6.07 Å².